The van der Waals surface area contributed by atoms with Crippen LogP contribution in [0.15, 0.2) is 46.2 Å². The van der Waals surface area contributed by atoms with Crippen molar-refractivity contribution in [1.29, 1.82) is 0 Å². The summed E-state index contributed by atoms with van der Waals surface area (Å²) in [7, 11) is 1.87. The van der Waals surface area contributed by atoms with Gasteiger partial charge >= 0.3 is 0 Å². The van der Waals surface area contributed by atoms with E-state index in [9.17, 15) is 4.39 Å². The Balaban J connectivity index is 1.56. The molecule has 0 aliphatic carbocycles. The van der Waals surface area contributed by atoms with Crippen LogP contribution in [0.25, 0.3) is 22.6 Å². The van der Waals surface area contributed by atoms with Gasteiger partial charge in [-0.25, -0.2) is 9.37 Å². The molecule has 4 rings (SSSR count). The summed E-state index contributed by atoms with van der Waals surface area (Å²) in [6.45, 7) is 0. The Morgan fingerprint density at radius 1 is 1.26 bits per heavy atom. The van der Waals surface area contributed by atoms with Crippen LogP contribution in [0.1, 0.15) is 5.82 Å². The zero-order valence-corrected chi connectivity index (χ0v) is 13.0. The second-order valence-electron chi connectivity index (χ2n) is 4.95. The largest absolute Gasteiger partial charge is 0.461 e. The van der Waals surface area contributed by atoms with Gasteiger partial charge in [-0.05, 0) is 24.3 Å². The molecule has 0 aliphatic heterocycles. The first-order chi connectivity index (χ1) is 11.2. The minimum absolute atomic E-state index is 0.325. The molecule has 0 atom stereocenters. The van der Waals surface area contributed by atoms with Gasteiger partial charge in [0.25, 0.3) is 0 Å². The second-order valence-corrected chi connectivity index (χ2v) is 5.89. The Bertz CT molecular complexity index is 960. The van der Waals surface area contributed by atoms with Crippen LogP contribution in [-0.4, -0.2) is 24.7 Å². The summed E-state index contributed by atoms with van der Waals surface area (Å²) in [5.74, 6) is 2.23. The number of nitrogens with zero attached hydrogens (tertiary/aromatic N) is 4. The van der Waals surface area contributed by atoms with Gasteiger partial charge in [-0.2, -0.15) is 0 Å². The van der Waals surface area contributed by atoms with Crippen LogP contribution in [-0.2, 0) is 12.8 Å². The van der Waals surface area contributed by atoms with Gasteiger partial charge in [0.1, 0.15) is 11.3 Å². The van der Waals surface area contributed by atoms with Gasteiger partial charge < -0.3 is 14.0 Å². The smallest absolute Gasteiger partial charge is 0.200 e. The molecule has 0 amide bonds. The van der Waals surface area contributed by atoms with Gasteiger partial charge in [0.2, 0.25) is 0 Å². The van der Waals surface area contributed by atoms with E-state index in [0.29, 0.717) is 34.2 Å². The summed E-state index contributed by atoms with van der Waals surface area (Å²) in [5.41, 5.74) is 1.05. The van der Waals surface area contributed by atoms with Crippen molar-refractivity contribution in [3.63, 3.8) is 0 Å². The first kappa shape index (κ1) is 14.0. The molecular weight excluding hydrogens is 317 g/mol. The molecule has 23 heavy (non-hydrogen) atoms. The molecule has 0 radical (unpaired) electrons. The lowest BCUT2D eigenvalue weighted by Gasteiger charge is -2.00. The lowest BCUT2D eigenvalue weighted by molar-refractivity contribution is 0.572. The highest BCUT2D eigenvalue weighted by atomic mass is 32.2. The van der Waals surface area contributed by atoms with Crippen molar-refractivity contribution >= 4 is 22.8 Å². The number of nitrogens with one attached hydrogen (secondary N) is 1. The van der Waals surface area contributed by atoms with Gasteiger partial charge in [0.15, 0.2) is 22.6 Å². The van der Waals surface area contributed by atoms with Crippen molar-refractivity contribution in [3.05, 3.63) is 48.2 Å². The highest BCUT2D eigenvalue weighted by Crippen LogP contribution is 2.25. The Kier molecular flexibility index (Phi) is 3.38. The fourth-order valence-corrected chi connectivity index (χ4v) is 3.09. The number of furan rings is 1. The normalized spacial score (nSPS) is 11.4. The first-order valence-electron chi connectivity index (χ1n) is 6.91. The maximum Gasteiger partial charge on any atom is 0.200 e. The van der Waals surface area contributed by atoms with Crippen molar-refractivity contribution in [2.24, 2.45) is 7.05 Å². The minimum atomic E-state index is -0.325. The predicted molar refractivity (Wildman–Crippen MR) is 84.3 cm³/mol. The van der Waals surface area contributed by atoms with E-state index in [2.05, 4.69) is 20.2 Å². The van der Waals surface area contributed by atoms with Crippen molar-refractivity contribution in [2.45, 2.75) is 10.9 Å². The quantitative estimate of drug-likeness (QED) is 0.581. The predicted octanol–water partition coefficient (Wildman–Crippen LogP) is 3.38. The monoisotopic (exact) mass is 329 g/mol. The SMILES string of the molecule is Cn1c(SCc2nc3c(F)cccc3[nH]2)nnc1-c1ccco1. The fraction of sp³-hybridized carbons (Fsp3) is 0.133. The molecular formula is C15H12FN5OS. The van der Waals surface area contributed by atoms with E-state index in [1.165, 1.54) is 17.8 Å². The Morgan fingerprint density at radius 3 is 2.96 bits per heavy atom. The molecule has 0 spiro atoms. The van der Waals surface area contributed by atoms with Crippen LogP contribution >= 0.6 is 11.8 Å². The van der Waals surface area contributed by atoms with Crippen LogP contribution < -0.4 is 0 Å². The molecule has 0 saturated carbocycles. The molecule has 116 valence electrons. The highest BCUT2D eigenvalue weighted by Gasteiger charge is 2.14. The zero-order valence-electron chi connectivity index (χ0n) is 12.2. The molecule has 1 aromatic carbocycles. The number of rotatable bonds is 4. The fourth-order valence-electron chi connectivity index (χ4n) is 2.31. The highest BCUT2D eigenvalue weighted by molar-refractivity contribution is 7.98. The number of aromatic nitrogens is 5. The number of imidazole rings is 1. The number of hydrogen-bond acceptors (Lipinski definition) is 5. The molecule has 3 aromatic heterocycles. The number of hydrogen-bond donors (Lipinski definition) is 1. The third-order valence-corrected chi connectivity index (χ3v) is 4.46. The standard InChI is InChI=1S/C15H12FN5OS/c1-21-14(11-6-3-7-22-11)19-20-15(21)23-8-12-17-10-5-2-4-9(16)13(10)18-12/h2-7H,8H2,1H3,(H,17,18). The van der Waals surface area contributed by atoms with Crippen molar-refractivity contribution in [2.75, 3.05) is 0 Å². The van der Waals surface area contributed by atoms with Gasteiger partial charge in [-0.1, -0.05) is 17.8 Å². The number of fused-ring (bicyclic) bond motifs is 1. The average molecular weight is 329 g/mol. The van der Waals surface area contributed by atoms with E-state index in [-0.39, 0.29) is 5.82 Å². The van der Waals surface area contributed by atoms with E-state index >= 15 is 0 Å². The lowest BCUT2D eigenvalue weighted by atomic mass is 10.3. The topological polar surface area (TPSA) is 72.5 Å². The Hall–Kier alpha value is -2.61. The summed E-state index contributed by atoms with van der Waals surface area (Å²) in [4.78, 5) is 7.40. The van der Waals surface area contributed by atoms with Crippen LogP contribution in [0.2, 0.25) is 0 Å². The number of benzene rings is 1. The summed E-state index contributed by atoms with van der Waals surface area (Å²) < 4.78 is 20.9. The number of H-pyrrole nitrogens is 1. The van der Waals surface area contributed by atoms with Crippen LogP contribution in [0.3, 0.4) is 0 Å². The van der Waals surface area contributed by atoms with Crippen LogP contribution in [0.4, 0.5) is 4.39 Å². The molecule has 0 unspecified atom stereocenters. The lowest BCUT2D eigenvalue weighted by Crippen LogP contribution is -1.94. The molecule has 0 saturated heterocycles. The summed E-state index contributed by atoms with van der Waals surface area (Å²) in [6.07, 6.45) is 1.60. The zero-order chi connectivity index (χ0) is 15.8. The van der Waals surface area contributed by atoms with Crippen molar-refractivity contribution in [3.8, 4) is 11.6 Å². The van der Waals surface area contributed by atoms with E-state index in [1.54, 1.807) is 24.5 Å². The molecule has 4 aromatic rings. The maximum atomic E-state index is 13.7. The van der Waals surface area contributed by atoms with Gasteiger partial charge in [0, 0.05) is 7.05 Å². The van der Waals surface area contributed by atoms with Crippen LogP contribution in [0.5, 0.6) is 0 Å². The number of para-hydroxylation sites is 1. The summed E-state index contributed by atoms with van der Waals surface area (Å²) in [5, 5.41) is 9.03. The number of aromatic amines is 1. The van der Waals surface area contributed by atoms with Gasteiger partial charge in [-0.15, -0.1) is 10.2 Å². The third kappa shape index (κ3) is 2.50. The second kappa shape index (κ2) is 5.54. The van der Waals surface area contributed by atoms with E-state index in [1.807, 2.05) is 17.7 Å². The maximum absolute atomic E-state index is 13.7. The third-order valence-electron chi connectivity index (χ3n) is 3.43. The van der Waals surface area contributed by atoms with E-state index < -0.39 is 0 Å². The van der Waals surface area contributed by atoms with Gasteiger partial charge in [-0.3, -0.25) is 0 Å². The molecule has 3 heterocycles. The van der Waals surface area contributed by atoms with Crippen molar-refractivity contribution in [1.82, 2.24) is 24.7 Å². The molecule has 0 aliphatic rings. The number of halogens is 1. The molecule has 6 nitrogen and oxygen atoms in total. The first-order valence-corrected chi connectivity index (χ1v) is 7.90. The Morgan fingerprint density at radius 2 is 2.17 bits per heavy atom. The molecule has 1 N–H and O–H groups in total. The van der Waals surface area contributed by atoms with E-state index in [4.69, 9.17) is 4.42 Å². The summed E-state index contributed by atoms with van der Waals surface area (Å²) in [6, 6.07) is 8.50. The molecule has 0 fully saturated rings. The van der Waals surface area contributed by atoms with Gasteiger partial charge in [0.05, 0.1) is 17.5 Å². The van der Waals surface area contributed by atoms with Crippen molar-refractivity contribution < 1.29 is 8.81 Å². The average Bonchev–Trinajstić information content (AvgIpc) is 3.25. The molecule has 8 heteroatoms. The summed E-state index contributed by atoms with van der Waals surface area (Å²) >= 11 is 1.47. The minimum Gasteiger partial charge on any atom is -0.461 e. The molecule has 0 bridgehead atoms. The number of thioether (sulfide) groups is 1. The van der Waals surface area contributed by atoms with E-state index in [0.717, 1.165) is 5.16 Å². The van der Waals surface area contributed by atoms with Crippen LogP contribution in [0, 0.1) is 5.82 Å². The Labute approximate surface area is 134 Å².